The smallest absolute Gasteiger partial charge is 0.256 e. The fourth-order valence-electron chi connectivity index (χ4n) is 3.57. The van der Waals surface area contributed by atoms with Crippen LogP contribution in [-0.2, 0) is 0 Å². The number of aryl methyl sites for hydroxylation is 2. The van der Waals surface area contributed by atoms with Crippen LogP contribution in [0.5, 0.6) is 0 Å². The van der Waals surface area contributed by atoms with Gasteiger partial charge in [0.05, 0.1) is 23.6 Å². The summed E-state index contributed by atoms with van der Waals surface area (Å²) in [5.74, 6) is 0.884. The van der Waals surface area contributed by atoms with E-state index in [1.54, 1.807) is 17.3 Å². The lowest BCUT2D eigenvalue weighted by molar-refractivity contribution is 0.0378. The quantitative estimate of drug-likeness (QED) is 0.521. The summed E-state index contributed by atoms with van der Waals surface area (Å²) in [4.78, 5) is 21.1. The average molecular weight is 400 g/mol. The maximum atomic E-state index is 13.4. The fraction of sp³-hybridized carbons (Fsp3) is 0.227. The third kappa shape index (κ3) is 3.16. The molecular formula is C22H20N6O2. The number of carbonyl (C=O) groups excluding carboxylic acids is 1. The lowest BCUT2D eigenvalue weighted by Gasteiger charge is -2.38. The molecule has 1 aliphatic heterocycles. The van der Waals surface area contributed by atoms with Crippen molar-refractivity contribution < 1.29 is 9.32 Å². The van der Waals surface area contributed by atoms with Gasteiger partial charge in [-0.15, -0.1) is 0 Å². The summed E-state index contributed by atoms with van der Waals surface area (Å²) in [7, 11) is 0. The molecular weight excluding hydrogens is 380 g/mol. The van der Waals surface area contributed by atoms with Gasteiger partial charge in [0.1, 0.15) is 6.04 Å². The van der Waals surface area contributed by atoms with Crippen molar-refractivity contribution in [1.29, 1.82) is 0 Å². The summed E-state index contributed by atoms with van der Waals surface area (Å²) in [6.07, 6.45) is 3.96. The average Bonchev–Trinajstić information content (AvgIpc) is 3.40. The fourth-order valence-corrected chi connectivity index (χ4v) is 3.57. The van der Waals surface area contributed by atoms with E-state index in [0.717, 1.165) is 17.5 Å². The Kier molecular flexibility index (Phi) is 4.39. The van der Waals surface area contributed by atoms with Crippen molar-refractivity contribution in [3.05, 3.63) is 77.4 Å². The summed E-state index contributed by atoms with van der Waals surface area (Å²) >= 11 is 0. The van der Waals surface area contributed by atoms with Crippen molar-refractivity contribution in [2.24, 2.45) is 0 Å². The van der Waals surface area contributed by atoms with Crippen LogP contribution < -0.4 is 0 Å². The van der Waals surface area contributed by atoms with Crippen LogP contribution in [0.25, 0.3) is 17.1 Å². The molecule has 1 atom stereocenters. The van der Waals surface area contributed by atoms with Gasteiger partial charge in [-0.2, -0.15) is 20.0 Å². The molecule has 0 radical (unpaired) electrons. The Morgan fingerprint density at radius 3 is 2.47 bits per heavy atom. The Bertz CT molecular complexity index is 1200. The van der Waals surface area contributed by atoms with Crippen LogP contribution in [0.2, 0.25) is 0 Å². The molecule has 1 aliphatic rings. The van der Waals surface area contributed by atoms with Crippen molar-refractivity contribution >= 4 is 5.91 Å². The molecule has 0 N–H and O–H groups in total. The first-order valence-electron chi connectivity index (χ1n) is 9.79. The van der Waals surface area contributed by atoms with Crippen LogP contribution >= 0.6 is 0 Å². The normalized spacial score (nSPS) is 15.8. The number of amides is 1. The first-order valence-corrected chi connectivity index (χ1v) is 9.79. The molecule has 8 heteroatoms. The van der Waals surface area contributed by atoms with Gasteiger partial charge >= 0.3 is 0 Å². The Hall–Kier alpha value is -3.81. The second-order valence-corrected chi connectivity index (χ2v) is 7.46. The molecule has 150 valence electrons. The zero-order chi connectivity index (χ0) is 20.7. The van der Waals surface area contributed by atoms with Gasteiger partial charge in [0.25, 0.3) is 5.91 Å². The van der Waals surface area contributed by atoms with E-state index in [-0.39, 0.29) is 11.9 Å². The maximum Gasteiger partial charge on any atom is 0.256 e. The Balaban J connectivity index is 1.42. The van der Waals surface area contributed by atoms with Crippen LogP contribution in [0.1, 0.15) is 39.8 Å². The summed E-state index contributed by atoms with van der Waals surface area (Å²) in [5.41, 5.74) is 4.24. The number of aromatic nitrogens is 5. The number of rotatable bonds is 4. The molecule has 0 saturated carbocycles. The van der Waals surface area contributed by atoms with Crippen LogP contribution in [0.15, 0.2) is 59.4 Å². The molecule has 0 aliphatic carbocycles. The van der Waals surface area contributed by atoms with Crippen molar-refractivity contribution in [3.8, 4) is 17.1 Å². The maximum absolute atomic E-state index is 13.4. The lowest BCUT2D eigenvalue weighted by atomic mass is 9.99. The van der Waals surface area contributed by atoms with Gasteiger partial charge in [-0.1, -0.05) is 46.6 Å². The Morgan fingerprint density at radius 2 is 1.77 bits per heavy atom. The monoisotopic (exact) mass is 400 g/mol. The molecule has 30 heavy (non-hydrogen) atoms. The predicted octanol–water partition coefficient (Wildman–Crippen LogP) is 3.52. The first kappa shape index (κ1) is 18.2. The zero-order valence-corrected chi connectivity index (χ0v) is 16.7. The summed E-state index contributed by atoms with van der Waals surface area (Å²) in [6, 6.07) is 13.4. The molecule has 5 rings (SSSR count). The summed E-state index contributed by atoms with van der Waals surface area (Å²) < 4.78 is 5.51. The van der Waals surface area contributed by atoms with E-state index in [0.29, 0.717) is 29.5 Å². The van der Waals surface area contributed by atoms with Gasteiger partial charge in [0, 0.05) is 12.1 Å². The first-order chi connectivity index (χ1) is 14.6. The van der Waals surface area contributed by atoms with Gasteiger partial charge in [0.2, 0.25) is 11.7 Å². The predicted molar refractivity (Wildman–Crippen MR) is 109 cm³/mol. The van der Waals surface area contributed by atoms with Gasteiger partial charge in [0.15, 0.2) is 0 Å². The number of likely N-dealkylation sites (tertiary alicyclic amines) is 1. The van der Waals surface area contributed by atoms with Gasteiger partial charge in [-0.05, 0) is 32.4 Å². The number of benzene rings is 2. The van der Waals surface area contributed by atoms with Crippen LogP contribution in [0, 0.1) is 13.8 Å². The van der Waals surface area contributed by atoms with E-state index < -0.39 is 0 Å². The van der Waals surface area contributed by atoms with Gasteiger partial charge in [-0.3, -0.25) is 4.79 Å². The van der Waals surface area contributed by atoms with Crippen LogP contribution in [-0.4, -0.2) is 42.5 Å². The molecule has 1 amide bonds. The summed E-state index contributed by atoms with van der Waals surface area (Å²) in [6.45, 7) is 4.61. The minimum Gasteiger partial charge on any atom is -0.337 e. The molecule has 2 aromatic carbocycles. The van der Waals surface area contributed by atoms with E-state index >= 15 is 0 Å². The number of carbonyl (C=O) groups is 1. The van der Waals surface area contributed by atoms with E-state index in [9.17, 15) is 4.79 Å². The van der Waals surface area contributed by atoms with E-state index in [1.807, 2.05) is 56.3 Å². The lowest BCUT2D eigenvalue weighted by Crippen LogP contribution is -2.45. The highest BCUT2D eigenvalue weighted by atomic mass is 16.5. The number of hydrogen-bond acceptors (Lipinski definition) is 6. The van der Waals surface area contributed by atoms with Crippen molar-refractivity contribution in [1.82, 2.24) is 30.0 Å². The molecule has 1 saturated heterocycles. The zero-order valence-electron chi connectivity index (χ0n) is 16.7. The molecule has 0 unspecified atom stereocenters. The molecule has 8 nitrogen and oxygen atoms in total. The largest absolute Gasteiger partial charge is 0.337 e. The third-order valence-corrected chi connectivity index (χ3v) is 5.33. The highest BCUT2D eigenvalue weighted by molar-refractivity contribution is 5.98. The number of nitrogens with zero attached hydrogens (tertiary/aromatic N) is 6. The van der Waals surface area contributed by atoms with Crippen LogP contribution in [0.4, 0.5) is 0 Å². The Morgan fingerprint density at radius 1 is 1.03 bits per heavy atom. The molecule has 4 aromatic rings. The number of hydrogen-bond donors (Lipinski definition) is 0. The minimum absolute atomic E-state index is 0.0997. The topological polar surface area (TPSA) is 89.9 Å². The van der Waals surface area contributed by atoms with Crippen molar-refractivity contribution in [2.45, 2.75) is 26.3 Å². The van der Waals surface area contributed by atoms with Crippen molar-refractivity contribution in [3.63, 3.8) is 0 Å². The molecule has 0 spiro atoms. The van der Waals surface area contributed by atoms with Gasteiger partial charge < -0.3 is 9.42 Å². The highest BCUT2D eigenvalue weighted by Gasteiger charge is 2.38. The molecule has 1 fully saturated rings. The standard InChI is InChI=1S/C22H20N6O2/c1-14-3-6-16(7-4-14)20-25-21(30-26-20)19-9-12-27(19)22(29)17-13-15(2)5-8-18(17)28-23-10-11-24-28/h3-8,10-11,13,19H,9,12H2,1-2H3/t19-/m0/s1. The van der Waals surface area contributed by atoms with Gasteiger partial charge in [-0.25, -0.2) is 0 Å². The van der Waals surface area contributed by atoms with Crippen molar-refractivity contribution in [2.75, 3.05) is 6.54 Å². The van der Waals surface area contributed by atoms with E-state index in [1.165, 1.54) is 10.4 Å². The Labute approximate surface area is 173 Å². The molecule has 3 heterocycles. The second kappa shape index (κ2) is 7.22. The third-order valence-electron chi connectivity index (χ3n) is 5.33. The molecule has 0 bridgehead atoms. The SMILES string of the molecule is Cc1ccc(-c2noc([C@@H]3CCN3C(=O)c3cc(C)ccc3-n3nccn3)n2)cc1. The van der Waals surface area contributed by atoms with E-state index in [4.69, 9.17) is 4.52 Å². The summed E-state index contributed by atoms with van der Waals surface area (Å²) in [5, 5.41) is 12.5. The van der Waals surface area contributed by atoms with E-state index in [2.05, 4.69) is 20.3 Å². The highest BCUT2D eigenvalue weighted by Crippen LogP contribution is 2.35. The van der Waals surface area contributed by atoms with Crippen LogP contribution in [0.3, 0.4) is 0 Å². The molecule has 2 aromatic heterocycles. The second-order valence-electron chi connectivity index (χ2n) is 7.46. The minimum atomic E-state index is -0.233.